The van der Waals surface area contributed by atoms with Crippen LogP contribution in [0.4, 0.5) is 11.4 Å². The number of nitro benzene ring substituents is 1. The number of hydrogen-bond acceptors (Lipinski definition) is 6. The number of benzene rings is 1. The van der Waals surface area contributed by atoms with Crippen LogP contribution in [0.15, 0.2) is 18.2 Å². The number of hydrogen-bond donors (Lipinski definition) is 1. The van der Waals surface area contributed by atoms with Crippen molar-refractivity contribution in [2.75, 3.05) is 38.2 Å². The number of nitrogens with one attached hydrogen (secondary N) is 1. The van der Waals surface area contributed by atoms with Gasteiger partial charge in [-0.3, -0.25) is 10.1 Å². The van der Waals surface area contributed by atoms with Crippen LogP contribution in [0.2, 0.25) is 0 Å². The summed E-state index contributed by atoms with van der Waals surface area (Å²) in [5, 5.41) is 23.0. The summed E-state index contributed by atoms with van der Waals surface area (Å²) in [6.07, 6.45) is 0.0587. The van der Waals surface area contributed by atoms with Gasteiger partial charge < -0.3 is 15.0 Å². The lowest BCUT2D eigenvalue weighted by Gasteiger charge is -2.29. The maximum absolute atomic E-state index is 10.9. The zero-order chi connectivity index (χ0) is 14.5. The second-order valence-electron chi connectivity index (χ2n) is 4.65. The van der Waals surface area contributed by atoms with Crippen molar-refractivity contribution in [1.82, 2.24) is 5.32 Å². The molecule has 20 heavy (non-hydrogen) atoms. The molecule has 0 aliphatic carbocycles. The fourth-order valence-corrected chi connectivity index (χ4v) is 2.15. The van der Waals surface area contributed by atoms with Crippen LogP contribution in [0, 0.1) is 21.4 Å². The van der Waals surface area contributed by atoms with Gasteiger partial charge in [-0.2, -0.15) is 5.26 Å². The number of nitrogens with zero attached hydrogens (tertiary/aromatic N) is 3. The Labute approximate surface area is 116 Å². The van der Waals surface area contributed by atoms with E-state index in [0.717, 1.165) is 13.1 Å². The van der Waals surface area contributed by atoms with Crippen LogP contribution >= 0.6 is 0 Å². The van der Waals surface area contributed by atoms with E-state index in [9.17, 15) is 10.1 Å². The molecule has 1 atom stereocenters. The standard InChI is InChI=1S/C13H16N4O3/c1-16(9-12-8-15-4-5-20-12)11-3-2-10(7-14)13(6-11)17(18)19/h2-3,6,12,15H,4-5,8-9H2,1H3. The highest BCUT2D eigenvalue weighted by Gasteiger charge is 2.19. The van der Waals surface area contributed by atoms with Gasteiger partial charge in [-0.1, -0.05) is 0 Å². The van der Waals surface area contributed by atoms with Gasteiger partial charge in [-0.25, -0.2) is 0 Å². The van der Waals surface area contributed by atoms with E-state index in [4.69, 9.17) is 10.00 Å². The zero-order valence-electron chi connectivity index (χ0n) is 11.2. The Morgan fingerprint density at radius 2 is 2.45 bits per heavy atom. The van der Waals surface area contributed by atoms with Gasteiger partial charge in [-0.15, -0.1) is 0 Å². The highest BCUT2D eigenvalue weighted by atomic mass is 16.6. The Hall–Kier alpha value is -2.17. The summed E-state index contributed by atoms with van der Waals surface area (Å²) in [5.41, 5.74) is 0.604. The van der Waals surface area contributed by atoms with Crippen LogP contribution in [-0.2, 0) is 4.74 Å². The Morgan fingerprint density at radius 1 is 1.65 bits per heavy atom. The molecule has 0 bridgehead atoms. The van der Waals surface area contributed by atoms with E-state index >= 15 is 0 Å². The second kappa shape index (κ2) is 6.32. The van der Waals surface area contributed by atoms with E-state index in [0.29, 0.717) is 18.8 Å². The average Bonchev–Trinajstić information content (AvgIpc) is 2.47. The molecule has 1 fully saturated rings. The van der Waals surface area contributed by atoms with E-state index in [2.05, 4.69) is 5.32 Å². The monoisotopic (exact) mass is 276 g/mol. The summed E-state index contributed by atoms with van der Waals surface area (Å²) in [5.74, 6) is 0. The molecule has 1 heterocycles. The molecule has 1 aromatic carbocycles. The van der Waals surface area contributed by atoms with E-state index in [1.165, 1.54) is 12.1 Å². The molecule has 7 heteroatoms. The van der Waals surface area contributed by atoms with Crippen molar-refractivity contribution in [2.45, 2.75) is 6.10 Å². The quantitative estimate of drug-likeness (QED) is 0.648. The first-order chi connectivity index (χ1) is 9.61. The Bertz CT molecular complexity index is 535. The minimum absolute atomic E-state index is 0.0587. The lowest BCUT2D eigenvalue weighted by Crippen LogP contribution is -2.44. The topological polar surface area (TPSA) is 91.4 Å². The third kappa shape index (κ3) is 3.23. The summed E-state index contributed by atoms with van der Waals surface area (Å²) < 4.78 is 5.60. The second-order valence-corrected chi connectivity index (χ2v) is 4.65. The number of ether oxygens (including phenoxy) is 1. The molecule has 1 unspecified atom stereocenters. The third-order valence-electron chi connectivity index (χ3n) is 3.22. The summed E-state index contributed by atoms with van der Waals surface area (Å²) in [4.78, 5) is 12.3. The molecule has 7 nitrogen and oxygen atoms in total. The van der Waals surface area contributed by atoms with Crippen LogP contribution in [0.1, 0.15) is 5.56 Å². The Kier molecular flexibility index (Phi) is 4.50. The number of nitriles is 1. The smallest absolute Gasteiger partial charge is 0.289 e. The number of rotatable bonds is 4. The SMILES string of the molecule is CN(CC1CNCCO1)c1ccc(C#N)c([N+](=O)[O-])c1. The molecular weight excluding hydrogens is 260 g/mol. The van der Waals surface area contributed by atoms with E-state index in [1.54, 1.807) is 6.07 Å². The highest BCUT2D eigenvalue weighted by Crippen LogP contribution is 2.24. The average molecular weight is 276 g/mol. The van der Waals surface area contributed by atoms with Gasteiger partial charge in [0.05, 0.1) is 17.6 Å². The third-order valence-corrected chi connectivity index (χ3v) is 3.22. The van der Waals surface area contributed by atoms with Crippen molar-refractivity contribution in [1.29, 1.82) is 5.26 Å². The molecule has 2 rings (SSSR count). The van der Waals surface area contributed by atoms with Gasteiger partial charge in [0, 0.05) is 38.4 Å². The lowest BCUT2D eigenvalue weighted by molar-refractivity contribution is -0.385. The van der Waals surface area contributed by atoms with Gasteiger partial charge in [0.25, 0.3) is 5.69 Å². The lowest BCUT2D eigenvalue weighted by atomic mass is 10.1. The van der Waals surface area contributed by atoms with Crippen molar-refractivity contribution in [3.8, 4) is 6.07 Å². The molecular formula is C13H16N4O3. The summed E-state index contributed by atoms with van der Waals surface area (Å²) in [7, 11) is 1.85. The van der Waals surface area contributed by atoms with Crippen LogP contribution in [0.3, 0.4) is 0 Å². The van der Waals surface area contributed by atoms with Gasteiger partial charge in [0.1, 0.15) is 11.6 Å². The van der Waals surface area contributed by atoms with Crippen LogP contribution in [0.25, 0.3) is 0 Å². The molecule has 0 aromatic heterocycles. The number of likely N-dealkylation sites (N-methyl/N-ethyl adjacent to an activating group) is 1. The van der Waals surface area contributed by atoms with Crippen molar-refractivity contribution in [2.24, 2.45) is 0 Å². The van der Waals surface area contributed by atoms with Crippen molar-refractivity contribution >= 4 is 11.4 Å². The molecule has 0 radical (unpaired) electrons. The predicted octanol–water partition coefficient (Wildman–Crippen LogP) is 0.891. The van der Waals surface area contributed by atoms with Crippen molar-refractivity contribution in [3.63, 3.8) is 0 Å². The fraction of sp³-hybridized carbons (Fsp3) is 0.462. The van der Waals surface area contributed by atoms with Crippen molar-refractivity contribution in [3.05, 3.63) is 33.9 Å². The zero-order valence-corrected chi connectivity index (χ0v) is 11.2. The van der Waals surface area contributed by atoms with Crippen LogP contribution < -0.4 is 10.2 Å². The highest BCUT2D eigenvalue weighted by molar-refractivity contribution is 5.60. The predicted molar refractivity (Wildman–Crippen MR) is 73.7 cm³/mol. The Morgan fingerprint density at radius 3 is 3.05 bits per heavy atom. The largest absolute Gasteiger partial charge is 0.374 e. The molecule has 1 N–H and O–H groups in total. The number of morpholine rings is 1. The van der Waals surface area contributed by atoms with Crippen LogP contribution in [0.5, 0.6) is 0 Å². The fourth-order valence-electron chi connectivity index (χ4n) is 2.15. The van der Waals surface area contributed by atoms with E-state index in [-0.39, 0.29) is 17.4 Å². The molecule has 1 saturated heterocycles. The van der Waals surface area contributed by atoms with Gasteiger partial charge in [0.2, 0.25) is 0 Å². The first kappa shape index (κ1) is 14.2. The molecule has 0 amide bonds. The normalized spacial score (nSPS) is 18.3. The molecule has 1 aliphatic rings. The van der Waals surface area contributed by atoms with Gasteiger partial charge in [-0.05, 0) is 12.1 Å². The summed E-state index contributed by atoms with van der Waals surface area (Å²) >= 11 is 0. The maximum Gasteiger partial charge on any atom is 0.289 e. The molecule has 1 aliphatic heterocycles. The first-order valence-corrected chi connectivity index (χ1v) is 6.34. The first-order valence-electron chi connectivity index (χ1n) is 6.34. The summed E-state index contributed by atoms with van der Waals surface area (Å²) in [6.45, 7) is 2.92. The molecule has 1 aromatic rings. The minimum Gasteiger partial charge on any atom is -0.374 e. The number of nitro groups is 1. The Balaban J connectivity index is 2.13. The molecule has 0 spiro atoms. The summed E-state index contributed by atoms with van der Waals surface area (Å²) in [6, 6.07) is 6.44. The van der Waals surface area contributed by atoms with Gasteiger partial charge in [0.15, 0.2) is 0 Å². The van der Waals surface area contributed by atoms with Gasteiger partial charge >= 0.3 is 0 Å². The van der Waals surface area contributed by atoms with E-state index < -0.39 is 4.92 Å². The maximum atomic E-state index is 10.9. The number of anilines is 1. The molecule has 106 valence electrons. The van der Waals surface area contributed by atoms with Crippen LogP contribution in [-0.4, -0.2) is 44.3 Å². The van der Waals surface area contributed by atoms with E-state index in [1.807, 2.05) is 18.0 Å². The minimum atomic E-state index is -0.533. The molecule has 0 saturated carbocycles. The van der Waals surface area contributed by atoms with Crippen molar-refractivity contribution < 1.29 is 9.66 Å².